The highest BCUT2D eigenvalue weighted by Gasteiger charge is 2.12. The first-order valence-corrected chi connectivity index (χ1v) is 9.59. The van der Waals surface area contributed by atoms with Crippen molar-refractivity contribution in [3.8, 4) is 11.5 Å². The molecule has 1 amide bonds. The molecule has 0 unspecified atom stereocenters. The van der Waals surface area contributed by atoms with E-state index in [4.69, 9.17) is 21.1 Å². The summed E-state index contributed by atoms with van der Waals surface area (Å²) >= 11 is 6.02. The van der Waals surface area contributed by atoms with Gasteiger partial charge in [0.2, 0.25) is 5.91 Å². The number of nitrogens with one attached hydrogen (secondary N) is 1. The number of benzene rings is 2. The summed E-state index contributed by atoms with van der Waals surface area (Å²) in [6.45, 7) is 8.99. The van der Waals surface area contributed by atoms with Crippen molar-refractivity contribution in [2.45, 2.75) is 39.5 Å². The van der Waals surface area contributed by atoms with Crippen LogP contribution in [0, 0.1) is 0 Å². The molecule has 0 fully saturated rings. The van der Waals surface area contributed by atoms with Crippen molar-refractivity contribution in [2.24, 2.45) is 5.10 Å². The third kappa shape index (κ3) is 7.24. The van der Waals surface area contributed by atoms with Gasteiger partial charge in [-0.15, -0.1) is 0 Å². The molecule has 0 aliphatic heterocycles. The van der Waals surface area contributed by atoms with Gasteiger partial charge < -0.3 is 9.47 Å². The van der Waals surface area contributed by atoms with Crippen molar-refractivity contribution >= 4 is 23.7 Å². The van der Waals surface area contributed by atoms with E-state index in [-0.39, 0.29) is 11.3 Å². The fraction of sp³-hybridized carbons (Fsp3) is 0.364. The molecular weight excluding hydrogens is 376 g/mol. The van der Waals surface area contributed by atoms with Crippen LogP contribution in [0.4, 0.5) is 0 Å². The van der Waals surface area contributed by atoms with Crippen LogP contribution in [-0.2, 0) is 10.2 Å². The lowest BCUT2D eigenvalue weighted by Crippen LogP contribution is -2.12. The van der Waals surface area contributed by atoms with Crippen LogP contribution in [0.15, 0.2) is 47.6 Å². The topological polar surface area (TPSA) is 59.9 Å². The molecule has 1 N–H and O–H groups in total. The molecular formula is C22H27ClN2O3. The van der Waals surface area contributed by atoms with Gasteiger partial charge in [-0.05, 0) is 41.3 Å². The van der Waals surface area contributed by atoms with E-state index in [1.807, 2.05) is 12.1 Å². The quantitative estimate of drug-likeness (QED) is 0.386. The Morgan fingerprint density at radius 2 is 1.79 bits per heavy atom. The zero-order chi connectivity index (χ0) is 20.6. The predicted molar refractivity (Wildman–Crippen MR) is 114 cm³/mol. The SMILES string of the molecule is CC(=O)N/N=C\c1cc(Cl)ccc1OCCCOc1ccc(C(C)(C)C)cc1. The Labute approximate surface area is 171 Å². The Hall–Kier alpha value is -2.53. The zero-order valence-electron chi connectivity index (χ0n) is 16.8. The van der Waals surface area contributed by atoms with Crippen LogP contribution in [0.5, 0.6) is 11.5 Å². The fourth-order valence-corrected chi connectivity index (χ4v) is 2.61. The number of hydrogen-bond donors (Lipinski definition) is 1. The van der Waals surface area contributed by atoms with Crippen LogP contribution in [0.1, 0.15) is 45.2 Å². The molecule has 0 aromatic heterocycles. The van der Waals surface area contributed by atoms with Crippen molar-refractivity contribution in [2.75, 3.05) is 13.2 Å². The van der Waals surface area contributed by atoms with Crippen LogP contribution in [0.3, 0.4) is 0 Å². The average molecular weight is 403 g/mol. The number of carbonyl (C=O) groups is 1. The normalized spacial score (nSPS) is 11.5. The molecule has 0 saturated heterocycles. The van der Waals surface area contributed by atoms with Crippen molar-refractivity contribution in [3.05, 3.63) is 58.6 Å². The Morgan fingerprint density at radius 1 is 1.11 bits per heavy atom. The van der Waals surface area contributed by atoms with E-state index in [2.05, 4.69) is 43.4 Å². The van der Waals surface area contributed by atoms with Crippen molar-refractivity contribution in [3.63, 3.8) is 0 Å². The highest BCUT2D eigenvalue weighted by Crippen LogP contribution is 2.24. The minimum absolute atomic E-state index is 0.131. The highest BCUT2D eigenvalue weighted by atomic mass is 35.5. The van der Waals surface area contributed by atoms with E-state index < -0.39 is 0 Å². The summed E-state index contributed by atoms with van der Waals surface area (Å²) in [4.78, 5) is 10.9. The second-order valence-corrected chi connectivity index (χ2v) is 7.87. The summed E-state index contributed by atoms with van der Waals surface area (Å²) in [6.07, 6.45) is 2.24. The van der Waals surface area contributed by atoms with Gasteiger partial charge in [0, 0.05) is 23.9 Å². The minimum Gasteiger partial charge on any atom is -0.493 e. The molecule has 0 bridgehead atoms. The van der Waals surface area contributed by atoms with E-state index in [1.165, 1.54) is 18.7 Å². The first-order chi connectivity index (χ1) is 13.3. The van der Waals surface area contributed by atoms with Gasteiger partial charge >= 0.3 is 0 Å². The first-order valence-electron chi connectivity index (χ1n) is 9.21. The molecule has 6 heteroatoms. The van der Waals surface area contributed by atoms with Gasteiger partial charge in [0.1, 0.15) is 11.5 Å². The summed E-state index contributed by atoms with van der Waals surface area (Å²) in [5.41, 5.74) is 4.46. The molecule has 0 saturated carbocycles. The van der Waals surface area contributed by atoms with Gasteiger partial charge in [0.15, 0.2) is 0 Å². The maximum Gasteiger partial charge on any atom is 0.236 e. The third-order valence-electron chi connectivity index (χ3n) is 3.93. The third-order valence-corrected chi connectivity index (χ3v) is 4.17. The summed E-state index contributed by atoms with van der Waals surface area (Å²) < 4.78 is 11.6. The van der Waals surface area contributed by atoms with Gasteiger partial charge in [-0.2, -0.15) is 5.10 Å². The number of hydrogen-bond acceptors (Lipinski definition) is 4. The van der Waals surface area contributed by atoms with E-state index in [9.17, 15) is 4.79 Å². The lowest BCUT2D eigenvalue weighted by atomic mass is 9.87. The Bertz CT molecular complexity index is 812. The molecule has 2 aromatic rings. The largest absolute Gasteiger partial charge is 0.493 e. The van der Waals surface area contributed by atoms with Gasteiger partial charge in [-0.1, -0.05) is 44.5 Å². The van der Waals surface area contributed by atoms with E-state index >= 15 is 0 Å². The zero-order valence-corrected chi connectivity index (χ0v) is 17.5. The van der Waals surface area contributed by atoms with Gasteiger partial charge in [0.05, 0.1) is 19.4 Å². The lowest BCUT2D eigenvalue weighted by molar-refractivity contribution is -0.118. The molecule has 5 nitrogen and oxygen atoms in total. The highest BCUT2D eigenvalue weighted by molar-refractivity contribution is 6.30. The number of ether oxygens (including phenoxy) is 2. The van der Waals surface area contributed by atoms with E-state index in [0.29, 0.717) is 29.5 Å². The van der Waals surface area contributed by atoms with Gasteiger partial charge in [0.25, 0.3) is 0 Å². The van der Waals surface area contributed by atoms with Crippen LogP contribution in [-0.4, -0.2) is 25.3 Å². The average Bonchev–Trinajstić information content (AvgIpc) is 2.62. The molecule has 2 aromatic carbocycles. The minimum atomic E-state index is -0.242. The van der Waals surface area contributed by atoms with E-state index in [0.717, 1.165) is 12.2 Å². The standard InChI is InChI=1S/C22H27ClN2O3/c1-16(26)25-24-15-17-14-19(23)8-11-21(17)28-13-5-12-27-20-9-6-18(7-10-20)22(2,3)4/h6-11,14-15H,5,12-13H2,1-4H3,(H,25,26)/b24-15-. The fourth-order valence-electron chi connectivity index (χ4n) is 2.43. The van der Waals surface area contributed by atoms with Crippen molar-refractivity contribution in [1.82, 2.24) is 5.43 Å². The smallest absolute Gasteiger partial charge is 0.236 e. The summed E-state index contributed by atoms with van der Waals surface area (Å²) in [6, 6.07) is 13.5. The molecule has 0 heterocycles. The van der Waals surface area contributed by atoms with Crippen LogP contribution < -0.4 is 14.9 Å². The molecule has 150 valence electrons. The molecule has 0 aliphatic rings. The lowest BCUT2D eigenvalue weighted by Gasteiger charge is -2.19. The van der Waals surface area contributed by atoms with Gasteiger partial charge in [-0.25, -0.2) is 5.43 Å². The van der Waals surface area contributed by atoms with E-state index in [1.54, 1.807) is 18.2 Å². The van der Waals surface area contributed by atoms with Gasteiger partial charge in [-0.3, -0.25) is 4.79 Å². The van der Waals surface area contributed by atoms with Crippen LogP contribution in [0.25, 0.3) is 0 Å². The van der Waals surface area contributed by atoms with Crippen LogP contribution >= 0.6 is 11.6 Å². The number of amides is 1. The van der Waals surface area contributed by atoms with Crippen molar-refractivity contribution < 1.29 is 14.3 Å². The molecule has 0 aliphatic carbocycles. The molecule has 0 spiro atoms. The Balaban J connectivity index is 1.82. The number of rotatable bonds is 8. The summed E-state index contributed by atoms with van der Waals surface area (Å²) in [5.74, 6) is 1.25. The second-order valence-electron chi connectivity index (χ2n) is 7.43. The van der Waals surface area contributed by atoms with Crippen molar-refractivity contribution in [1.29, 1.82) is 0 Å². The summed E-state index contributed by atoms with van der Waals surface area (Å²) in [7, 11) is 0. The Morgan fingerprint density at radius 3 is 2.43 bits per heavy atom. The predicted octanol–water partition coefficient (Wildman–Crippen LogP) is 4.96. The monoisotopic (exact) mass is 402 g/mol. The molecule has 2 rings (SSSR count). The number of nitrogens with zero attached hydrogens (tertiary/aromatic N) is 1. The summed E-state index contributed by atoms with van der Waals surface area (Å²) in [5, 5.41) is 4.43. The molecule has 28 heavy (non-hydrogen) atoms. The molecule has 0 radical (unpaired) electrons. The Kier molecular flexibility index (Phi) is 7.88. The second kappa shape index (κ2) is 10.1. The maximum atomic E-state index is 10.9. The first kappa shape index (κ1) is 21.8. The maximum absolute atomic E-state index is 10.9. The van der Waals surface area contributed by atoms with Crippen LogP contribution in [0.2, 0.25) is 5.02 Å². The number of halogens is 1. The number of carbonyl (C=O) groups excluding carboxylic acids is 1. The number of hydrazone groups is 1. The molecule has 0 atom stereocenters.